The van der Waals surface area contributed by atoms with Gasteiger partial charge in [-0.15, -0.1) is 0 Å². The molecule has 0 N–H and O–H groups in total. The van der Waals surface area contributed by atoms with Crippen LogP contribution in [0.3, 0.4) is 0 Å². The quantitative estimate of drug-likeness (QED) is 0.164. The van der Waals surface area contributed by atoms with Crippen LogP contribution in [0.5, 0.6) is 0 Å². The van der Waals surface area contributed by atoms with Gasteiger partial charge in [-0.25, -0.2) is 0 Å². The zero-order chi connectivity index (χ0) is 58.0. The predicted molar refractivity (Wildman–Crippen MR) is 93.1 cm³/mol. The molecule has 0 aromatic rings. The fourth-order valence-electron chi connectivity index (χ4n) is 2.64. The van der Waals surface area contributed by atoms with E-state index < -0.39 is 167 Å². The molecule has 0 heterocycles. The van der Waals surface area contributed by atoms with E-state index in [4.69, 9.17) is 143 Å². The summed E-state index contributed by atoms with van der Waals surface area (Å²) in [7, 11) is 0. The second-order valence-electron chi connectivity index (χ2n) is 9.73. The average molecular weight is 2720 g/mol. The van der Waals surface area contributed by atoms with Crippen molar-refractivity contribution in [3.05, 3.63) is 0 Å². The summed E-state index contributed by atoms with van der Waals surface area (Å²) >= 11 is -61.7. The molecule has 0 aliphatic rings. The van der Waals surface area contributed by atoms with E-state index in [1.807, 2.05) is 0 Å². The van der Waals surface area contributed by atoms with E-state index in [-0.39, 0.29) is 0 Å². The maximum atomic E-state index is 8.65. The first-order chi connectivity index (χ1) is 28.2. The van der Waals surface area contributed by atoms with Crippen LogP contribution in [0.25, 0.3) is 0 Å². The molecular weight excluding hydrogens is 2680 g/mol. The Morgan fingerprint density at radius 3 is 0.313 bits per heavy atom. The molecule has 0 saturated heterocycles. The van der Waals surface area contributed by atoms with E-state index in [0.717, 1.165) is 0 Å². The molecule has 0 aliphatic heterocycles. The van der Waals surface area contributed by atoms with Gasteiger partial charge in [-0.3, -0.25) is 0 Å². The molecule has 0 spiro atoms. The van der Waals surface area contributed by atoms with Gasteiger partial charge in [0.2, 0.25) is 0 Å². The third-order valence-electron chi connectivity index (χ3n) is 3.94. The maximum absolute atomic E-state index is 8.65. The van der Waals surface area contributed by atoms with E-state index >= 15 is 0 Å². The monoisotopic (exact) mass is 2720 g/mol. The number of quaternary nitrogens is 1. The van der Waals surface area contributed by atoms with Gasteiger partial charge in [0.15, 0.2) is 0 Å². The summed E-state index contributed by atoms with van der Waals surface area (Å²) in [6, 6.07) is 0. The van der Waals surface area contributed by atoms with Gasteiger partial charge in [-0.05, 0) is 25.7 Å². The average Bonchev–Trinajstić information content (AvgIpc) is 2.87. The van der Waals surface area contributed by atoms with Gasteiger partial charge < -0.3 is 4.48 Å². The van der Waals surface area contributed by atoms with Crippen molar-refractivity contribution in [2.24, 2.45) is 0 Å². The van der Waals surface area contributed by atoms with Gasteiger partial charge in [0, 0.05) is 0 Å². The van der Waals surface area contributed by atoms with E-state index in [0.29, 0.717) is 0 Å². The van der Waals surface area contributed by atoms with Crippen LogP contribution in [0.1, 0.15) is 79.1 Å². The first-order valence-electron chi connectivity index (χ1n) is 14.8. The van der Waals surface area contributed by atoms with Gasteiger partial charge in [-0.2, -0.15) is 0 Å². The molecule has 0 saturated carbocycles. The minimum absolute atomic E-state index is 1.35. The molecule has 424 valence electrons. The second kappa shape index (κ2) is 47.7. The number of rotatable bonds is 12. The van der Waals surface area contributed by atoms with Gasteiger partial charge >= 0.3 is 311 Å². The summed E-state index contributed by atoms with van der Waals surface area (Å²) in [6.07, 6.45) is 11.1. The van der Waals surface area contributed by atoms with E-state index in [1.54, 1.807) is 0 Å². The second-order valence-corrected chi connectivity index (χ2v) is 39.1. The number of hydrogen-bond donors (Lipinski definition) is 0. The Morgan fingerprint density at radius 2 is 0.269 bits per heavy atom. The summed E-state index contributed by atoms with van der Waals surface area (Å²) in [6.45, 7) is 15.0. The number of unbranched alkanes of at least 4 members (excludes halogenated alkanes) is 4. The molecular formula is C16H36NO40W10-19. The third-order valence-corrected chi connectivity index (χ3v) is 3.94. The fourth-order valence-corrected chi connectivity index (χ4v) is 2.64. The number of hydrogen-bond acceptors (Lipinski definition) is 40. The zero-order valence-electron chi connectivity index (χ0n) is 33.3. The first-order valence-corrected chi connectivity index (χ1v) is 62.7. The molecule has 0 atom stereocenters. The van der Waals surface area contributed by atoms with Gasteiger partial charge in [-0.1, -0.05) is 53.4 Å². The zero-order valence-corrected chi connectivity index (χ0v) is 62.7. The molecule has 0 bridgehead atoms. The molecule has 0 aromatic carbocycles. The molecule has 0 aliphatic carbocycles. The Morgan fingerprint density at radius 1 is 0.209 bits per heavy atom. The summed E-state index contributed by atoms with van der Waals surface area (Å²) in [5, 5.41) is 0. The van der Waals surface area contributed by atoms with Crippen molar-refractivity contribution in [3.8, 4) is 0 Å². The van der Waals surface area contributed by atoms with E-state index in [1.165, 1.54) is 82.0 Å². The first kappa shape index (κ1) is 94.9. The van der Waals surface area contributed by atoms with Crippen molar-refractivity contribution in [3.63, 3.8) is 0 Å². The van der Waals surface area contributed by atoms with Crippen LogP contribution in [0.15, 0.2) is 0 Å². The molecule has 0 fully saturated rings. The Balaban J connectivity index is -0.0000000601. The predicted octanol–water partition coefficient (Wildman–Crippen LogP) is -21.2. The summed E-state index contributed by atoms with van der Waals surface area (Å²) in [5.41, 5.74) is 0. The molecule has 67 heavy (non-hydrogen) atoms. The molecule has 0 unspecified atom stereocenters. The molecule has 51 heteroatoms. The summed E-state index contributed by atoms with van der Waals surface area (Å²) in [5.74, 6) is 0. The number of nitrogens with zero attached hydrogens (tertiary/aromatic N) is 1. The van der Waals surface area contributed by atoms with Crippen molar-refractivity contribution < 1.29 is 315 Å². The molecule has 0 amide bonds. The Kier molecular flexibility index (Phi) is 67.6. The molecule has 0 aromatic heterocycles. The van der Waals surface area contributed by atoms with Crippen LogP contribution in [0.2, 0.25) is 0 Å². The van der Waals surface area contributed by atoms with Crippen LogP contribution in [-0.2, 0) is 235 Å². The van der Waals surface area contributed by atoms with Crippen LogP contribution in [0.4, 0.5) is 0 Å². The Bertz CT molecular complexity index is 1700. The van der Waals surface area contributed by atoms with Crippen molar-refractivity contribution >= 4 is 0 Å². The van der Waals surface area contributed by atoms with Crippen LogP contribution in [0, 0.1) is 0 Å². The van der Waals surface area contributed by atoms with Gasteiger partial charge in [0.05, 0.1) is 26.2 Å². The fraction of sp³-hybridized carbons (Fsp3) is 1.00. The van der Waals surface area contributed by atoms with Crippen LogP contribution in [-0.4, -0.2) is 30.7 Å². The topological polar surface area (TPSA) is 803 Å². The van der Waals surface area contributed by atoms with Crippen LogP contribution >= 0.6 is 0 Å². The molecule has 0 radical (unpaired) electrons. The third kappa shape index (κ3) is 611. The summed E-state index contributed by atoms with van der Waals surface area (Å²) in [4.78, 5) is 0. The standard InChI is InChI=1S/C16H36N.40O.10W/c1-5-9-13-17(14-10-6-2,15-11-7-3)16-12-8-4;;;;;;;;;;;;;;;;;;;;;;;;;;;;;;;;;;;;;;;;;;;;;;;;;;/h5-16H2,1-4H3;;;;;;;;;;;;;;;;;;;;;;;;;;;;;;;;;;;;;;;;;;;;;;;;;;/q+1;;;;;;;;;;;;;;;;;;;;;20*-1;;;;;;;;;;. The molecule has 41 nitrogen and oxygen atoms in total. The van der Waals surface area contributed by atoms with Gasteiger partial charge in [0.1, 0.15) is 0 Å². The van der Waals surface area contributed by atoms with Crippen molar-refractivity contribution in [2.75, 3.05) is 26.2 Å². The Hall–Kier alpha value is 2.04. The van der Waals surface area contributed by atoms with Crippen molar-refractivity contribution in [1.29, 1.82) is 0 Å². The minimum atomic E-state index is -6.17. The van der Waals surface area contributed by atoms with E-state index in [2.05, 4.69) is 27.7 Å². The SMILES string of the molecule is CCCC[N+](CCCC)(CCCC)CCCC.[O]=[W](=[O])([O-])[O-].[O]=[W](=[O])([O-])[O-].[O]=[W](=[O])([O-])[O-].[O]=[W](=[O])([O-])[O-].[O]=[W](=[O])([O-])[O-].[O]=[W](=[O])([O-])[O-].[O]=[W](=[O])([O-])[O-].[O]=[W](=[O])([O-])[O-].[O]=[W](=[O])([O-])[O-].[O]=[W](=[O])([O-])[O-]. The molecule has 0 rings (SSSR count). The van der Waals surface area contributed by atoms with Gasteiger partial charge in [0.25, 0.3) is 0 Å². The van der Waals surface area contributed by atoms with Crippen molar-refractivity contribution in [2.45, 2.75) is 79.1 Å². The normalized spacial score (nSPS) is 11.7. The van der Waals surface area contributed by atoms with E-state index in [9.17, 15) is 0 Å². The summed E-state index contributed by atoms with van der Waals surface area (Å²) < 4.78 is 347. The van der Waals surface area contributed by atoms with Crippen LogP contribution < -0.4 is 75.2 Å². The Labute approximate surface area is 414 Å². The van der Waals surface area contributed by atoms with Crippen molar-refractivity contribution in [1.82, 2.24) is 0 Å².